The predicted octanol–water partition coefficient (Wildman–Crippen LogP) is -0.473. The summed E-state index contributed by atoms with van der Waals surface area (Å²) in [5.41, 5.74) is 6.77. The minimum atomic E-state index is 0.0923. The fraction of sp³-hybridized carbons (Fsp3) is 0.400. The van der Waals surface area contributed by atoms with Crippen LogP contribution >= 0.6 is 0 Å². The molecule has 50 valence electrons. The summed E-state index contributed by atoms with van der Waals surface area (Å²) in [5, 5.41) is 14.8. The number of rotatable bonds is 2. The summed E-state index contributed by atoms with van der Waals surface area (Å²) in [5.74, 6) is 0. The topological polar surface area (TPSA) is 74.9 Å². The molecule has 1 aromatic rings. The fourth-order valence-corrected chi connectivity index (χ4v) is 0.634. The van der Waals surface area contributed by atoms with Crippen LogP contribution in [0, 0.1) is 0 Å². The highest BCUT2D eigenvalue weighted by molar-refractivity contribution is 5.39. The lowest BCUT2D eigenvalue weighted by Gasteiger charge is -1.89. The number of aliphatic hydroxyl groups is 1. The van der Waals surface area contributed by atoms with Crippen molar-refractivity contribution in [1.82, 2.24) is 10.2 Å². The number of hydrogen-bond acceptors (Lipinski definition) is 3. The molecule has 0 amide bonds. The summed E-state index contributed by atoms with van der Waals surface area (Å²) in [6.07, 6.45) is 2.13. The van der Waals surface area contributed by atoms with Crippen molar-refractivity contribution in [2.24, 2.45) is 0 Å². The van der Waals surface area contributed by atoms with Crippen molar-refractivity contribution in [2.75, 3.05) is 12.3 Å². The van der Waals surface area contributed by atoms with Gasteiger partial charge < -0.3 is 10.8 Å². The molecule has 4 heteroatoms. The molecule has 9 heavy (non-hydrogen) atoms. The number of nitrogens with one attached hydrogen (secondary N) is 1. The Morgan fingerprint density at radius 2 is 2.56 bits per heavy atom. The molecule has 1 aromatic heterocycles. The zero-order chi connectivity index (χ0) is 6.69. The highest BCUT2D eigenvalue weighted by Crippen LogP contribution is 2.04. The number of nitrogens with zero attached hydrogens (tertiary/aromatic N) is 1. The van der Waals surface area contributed by atoms with Gasteiger partial charge in [-0.2, -0.15) is 5.10 Å². The maximum Gasteiger partial charge on any atom is 0.0874 e. The molecule has 0 fully saturated rings. The van der Waals surface area contributed by atoms with Crippen molar-refractivity contribution in [3.8, 4) is 0 Å². The molecule has 0 saturated heterocycles. The normalized spacial score (nSPS) is 9.89. The van der Waals surface area contributed by atoms with Gasteiger partial charge in [-0.15, -0.1) is 0 Å². The van der Waals surface area contributed by atoms with Crippen molar-refractivity contribution >= 4 is 5.69 Å². The van der Waals surface area contributed by atoms with E-state index in [1.54, 1.807) is 6.20 Å². The van der Waals surface area contributed by atoms with E-state index in [1.807, 2.05) is 0 Å². The van der Waals surface area contributed by atoms with Crippen LogP contribution < -0.4 is 5.73 Å². The summed E-state index contributed by atoms with van der Waals surface area (Å²) >= 11 is 0. The Hall–Kier alpha value is -1.03. The second-order valence-corrected chi connectivity index (χ2v) is 1.76. The predicted molar refractivity (Wildman–Crippen MR) is 33.8 cm³/mol. The summed E-state index contributed by atoms with van der Waals surface area (Å²) < 4.78 is 0. The SMILES string of the molecule is Nc1c[nH]nc1CCO. The molecular weight excluding hydrogens is 118 g/mol. The Bertz CT molecular complexity index is 184. The van der Waals surface area contributed by atoms with Crippen LogP contribution in [0.4, 0.5) is 5.69 Å². The average molecular weight is 127 g/mol. The molecule has 4 nitrogen and oxygen atoms in total. The third kappa shape index (κ3) is 1.20. The van der Waals surface area contributed by atoms with E-state index >= 15 is 0 Å². The van der Waals surface area contributed by atoms with Gasteiger partial charge in [0.1, 0.15) is 0 Å². The maximum atomic E-state index is 8.45. The van der Waals surface area contributed by atoms with Crippen LogP contribution in [0.2, 0.25) is 0 Å². The minimum absolute atomic E-state index is 0.0923. The Morgan fingerprint density at radius 3 is 3.00 bits per heavy atom. The monoisotopic (exact) mass is 127 g/mol. The molecule has 0 aromatic carbocycles. The van der Waals surface area contributed by atoms with Crippen LogP contribution in [0.15, 0.2) is 6.20 Å². The summed E-state index contributed by atoms with van der Waals surface area (Å²) in [7, 11) is 0. The van der Waals surface area contributed by atoms with Gasteiger partial charge >= 0.3 is 0 Å². The van der Waals surface area contributed by atoms with E-state index in [1.165, 1.54) is 0 Å². The quantitative estimate of drug-likeness (QED) is 0.502. The third-order valence-electron chi connectivity index (χ3n) is 1.10. The van der Waals surface area contributed by atoms with Crippen molar-refractivity contribution in [3.05, 3.63) is 11.9 Å². The molecule has 0 aliphatic heterocycles. The first-order valence-electron chi connectivity index (χ1n) is 2.73. The van der Waals surface area contributed by atoms with Crippen LogP contribution in [0.25, 0.3) is 0 Å². The van der Waals surface area contributed by atoms with E-state index in [4.69, 9.17) is 10.8 Å². The maximum absolute atomic E-state index is 8.45. The van der Waals surface area contributed by atoms with Crippen molar-refractivity contribution in [1.29, 1.82) is 0 Å². The van der Waals surface area contributed by atoms with Gasteiger partial charge in [-0.05, 0) is 0 Å². The summed E-state index contributed by atoms with van der Waals surface area (Å²) in [6.45, 7) is 0.0923. The number of aliphatic hydroxyl groups excluding tert-OH is 1. The van der Waals surface area contributed by atoms with Gasteiger partial charge in [0.25, 0.3) is 0 Å². The first kappa shape index (κ1) is 6.10. The van der Waals surface area contributed by atoms with Gasteiger partial charge in [0.15, 0.2) is 0 Å². The lowest BCUT2D eigenvalue weighted by Crippen LogP contribution is -1.95. The number of H-pyrrole nitrogens is 1. The van der Waals surface area contributed by atoms with Gasteiger partial charge in [0, 0.05) is 19.2 Å². The molecule has 0 atom stereocenters. The Kier molecular flexibility index (Phi) is 1.69. The number of aromatic nitrogens is 2. The molecule has 0 aliphatic carbocycles. The van der Waals surface area contributed by atoms with E-state index < -0.39 is 0 Å². The van der Waals surface area contributed by atoms with Crippen LogP contribution in [0.3, 0.4) is 0 Å². The lowest BCUT2D eigenvalue weighted by molar-refractivity contribution is 0.298. The highest BCUT2D eigenvalue weighted by Gasteiger charge is 1.98. The van der Waals surface area contributed by atoms with E-state index in [9.17, 15) is 0 Å². The van der Waals surface area contributed by atoms with E-state index in [0.29, 0.717) is 12.1 Å². The number of anilines is 1. The number of hydrogen-bond donors (Lipinski definition) is 3. The average Bonchev–Trinajstić information content (AvgIpc) is 2.18. The molecule has 1 heterocycles. The van der Waals surface area contributed by atoms with Crippen LogP contribution in [0.1, 0.15) is 5.69 Å². The molecular formula is C5H9N3O. The number of nitrogens with two attached hydrogens (primary N) is 1. The number of aromatic amines is 1. The standard InChI is InChI=1S/C5H9N3O/c6-4-3-7-8-5(4)1-2-9/h3,9H,1-2,6H2,(H,7,8). The van der Waals surface area contributed by atoms with Crippen LogP contribution in [0.5, 0.6) is 0 Å². The van der Waals surface area contributed by atoms with Gasteiger partial charge in [-0.3, -0.25) is 5.10 Å². The fourth-order valence-electron chi connectivity index (χ4n) is 0.634. The molecule has 0 unspecified atom stereocenters. The molecule has 0 radical (unpaired) electrons. The van der Waals surface area contributed by atoms with Crippen molar-refractivity contribution in [2.45, 2.75) is 6.42 Å². The van der Waals surface area contributed by atoms with E-state index in [2.05, 4.69) is 10.2 Å². The molecule has 0 aliphatic rings. The van der Waals surface area contributed by atoms with Crippen LogP contribution in [-0.4, -0.2) is 21.9 Å². The zero-order valence-electron chi connectivity index (χ0n) is 4.96. The van der Waals surface area contributed by atoms with Gasteiger partial charge in [0.05, 0.1) is 11.4 Å². The first-order chi connectivity index (χ1) is 4.34. The second-order valence-electron chi connectivity index (χ2n) is 1.76. The van der Waals surface area contributed by atoms with Gasteiger partial charge in [0.2, 0.25) is 0 Å². The molecule has 0 spiro atoms. The van der Waals surface area contributed by atoms with Crippen molar-refractivity contribution in [3.63, 3.8) is 0 Å². The van der Waals surface area contributed by atoms with E-state index in [-0.39, 0.29) is 6.61 Å². The Balaban J connectivity index is 2.69. The third-order valence-corrected chi connectivity index (χ3v) is 1.10. The Labute approximate surface area is 52.7 Å². The highest BCUT2D eigenvalue weighted by atomic mass is 16.3. The largest absolute Gasteiger partial charge is 0.396 e. The lowest BCUT2D eigenvalue weighted by atomic mass is 10.3. The first-order valence-corrected chi connectivity index (χ1v) is 2.73. The van der Waals surface area contributed by atoms with Crippen molar-refractivity contribution < 1.29 is 5.11 Å². The minimum Gasteiger partial charge on any atom is -0.396 e. The molecule has 1 rings (SSSR count). The van der Waals surface area contributed by atoms with Gasteiger partial charge in [-0.25, -0.2) is 0 Å². The summed E-state index contributed by atoms with van der Waals surface area (Å²) in [6, 6.07) is 0. The molecule has 0 saturated carbocycles. The molecule has 4 N–H and O–H groups in total. The molecule has 0 bridgehead atoms. The summed E-state index contributed by atoms with van der Waals surface area (Å²) in [4.78, 5) is 0. The second kappa shape index (κ2) is 2.50. The Morgan fingerprint density at radius 1 is 1.78 bits per heavy atom. The zero-order valence-corrected chi connectivity index (χ0v) is 4.96. The van der Waals surface area contributed by atoms with Gasteiger partial charge in [-0.1, -0.05) is 0 Å². The van der Waals surface area contributed by atoms with Crippen LogP contribution in [-0.2, 0) is 6.42 Å². The van der Waals surface area contributed by atoms with E-state index in [0.717, 1.165) is 5.69 Å². The number of nitrogen functional groups attached to an aromatic ring is 1. The smallest absolute Gasteiger partial charge is 0.0874 e.